The third-order valence-electron chi connectivity index (χ3n) is 5.97. The average molecular weight is 282 g/mol. The number of carbonyl (C=O) groups is 1. The van der Waals surface area contributed by atoms with Crippen molar-refractivity contribution in [3.05, 3.63) is 0 Å². The third kappa shape index (κ3) is 1.46. The van der Waals surface area contributed by atoms with Crippen LogP contribution in [0.1, 0.15) is 46.5 Å². The Balaban J connectivity index is 1.84. The van der Waals surface area contributed by atoms with Crippen LogP contribution in [0.2, 0.25) is 0 Å². The summed E-state index contributed by atoms with van der Waals surface area (Å²) < 4.78 is 11.6. The van der Waals surface area contributed by atoms with Crippen molar-refractivity contribution in [3.63, 3.8) is 0 Å². The Morgan fingerprint density at radius 2 is 1.90 bits per heavy atom. The van der Waals surface area contributed by atoms with Crippen LogP contribution < -0.4 is 0 Å². The molecule has 5 fully saturated rings. The van der Waals surface area contributed by atoms with Gasteiger partial charge in [-0.25, -0.2) is 9.78 Å². The summed E-state index contributed by atoms with van der Waals surface area (Å²) in [5.74, 6) is -0.137. The molecular formula is C15H22O5. The van der Waals surface area contributed by atoms with E-state index in [1.807, 2.05) is 13.8 Å². The number of fused-ring (bicyclic) bond motifs is 2. The molecule has 1 aliphatic carbocycles. The van der Waals surface area contributed by atoms with Crippen LogP contribution in [0.5, 0.6) is 0 Å². The van der Waals surface area contributed by atoms with Gasteiger partial charge in [-0.05, 0) is 32.1 Å². The van der Waals surface area contributed by atoms with Crippen LogP contribution in [0.4, 0.5) is 0 Å². The minimum Gasteiger partial charge on any atom is -0.432 e. The van der Waals surface area contributed by atoms with Crippen LogP contribution in [-0.4, -0.2) is 23.6 Å². The van der Waals surface area contributed by atoms with Crippen molar-refractivity contribution in [1.82, 2.24) is 0 Å². The smallest absolute Gasteiger partial charge is 0.311 e. The largest absolute Gasteiger partial charge is 0.432 e. The SMILES string of the molecule is C[C@@H]1CCC2[C@@H](C)C(=O)O[C@@H]3O[C@]4(C)CCC1C23OO4. The Kier molecular flexibility index (Phi) is 2.58. The van der Waals surface area contributed by atoms with Gasteiger partial charge in [0, 0.05) is 18.3 Å². The Morgan fingerprint density at radius 3 is 2.70 bits per heavy atom. The van der Waals surface area contributed by atoms with E-state index in [0.717, 1.165) is 25.7 Å². The Bertz CT molecular complexity index is 452. The highest BCUT2D eigenvalue weighted by molar-refractivity contribution is 5.74. The first-order chi connectivity index (χ1) is 9.46. The quantitative estimate of drug-likeness (QED) is 0.504. The van der Waals surface area contributed by atoms with E-state index >= 15 is 0 Å². The fourth-order valence-corrected chi connectivity index (χ4v) is 4.76. The van der Waals surface area contributed by atoms with E-state index in [2.05, 4.69) is 6.92 Å². The van der Waals surface area contributed by atoms with Crippen molar-refractivity contribution in [2.75, 3.05) is 0 Å². The van der Waals surface area contributed by atoms with E-state index in [0.29, 0.717) is 11.8 Å². The molecular weight excluding hydrogens is 260 g/mol. The fourth-order valence-electron chi connectivity index (χ4n) is 4.76. The van der Waals surface area contributed by atoms with Crippen molar-refractivity contribution in [2.24, 2.45) is 23.7 Å². The van der Waals surface area contributed by atoms with E-state index in [-0.39, 0.29) is 17.8 Å². The van der Waals surface area contributed by atoms with Gasteiger partial charge in [0.25, 0.3) is 0 Å². The van der Waals surface area contributed by atoms with Gasteiger partial charge in [0.2, 0.25) is 12.1 Å². The summed E-state index contributed by atoms with van der Waals surface area (Å²) in [5.41, 5.74) is -0.610. The fraction of sp³-hybridized carbons (Fsp3) is 0.933. The molecule has 4 heterocycles. The molecule has 4 aliphatic heterocycles. The van der Waals surface area contributed by atoms with Gasteiger partial charge < -0.3 is 9.47 Å². The van der Waals surface area contributed by atoms with Crippen LogP contribution in [0, 0.1) is 23.7 Å². The van der Waals surface area contributed by atoms with E-state index < -0.39 is 17.7 Å². The third-order valence-corrected chi connectivity index (χ3v) is 5.97. The molecule has 5 aliphatic rings. The minimum atomic E-state index is -0.793. The normalized spacial score (nSPS) is 57.8. The van der Waals surface area contributed by atoms with Crippen LogP contribution >= 0.6 is 0 Å². The van der Waals surface area contributed by atoms with Crippen LogP contribution in [0.15, 0.2) is 0 Å². The lowest BCUT2D eigenvalue weighted by Crippen LogP contribution is -2.69. The molecule has 1 spiro atoms. The second-order valence-corrected chi connectivity index (χ2v) is 7.14. The molecule has 1 saturated carbocycles. The van der Waals surface area contributed by atoms with Gasteiger partial charge in [-0.2, -0.15) is 0 Å². The Morgan fingerprint density at radius 1 is 1.10 bits per heavy atom. The van der Waals surface area contributed by atoms with E-state index in [1.165, 1.54) is 0 Å². The Labute approximate surface area is 118 Å². The first-order valence-electron chi connectivity index (χ1n) is 7.71. The molecule has 5 heteroatoms. The first-order valence-corrected chi connectivity index (χ1v) is 7.71. The van der Waals surface area contributed by atoms with Gasteiger partial charge in [0.15, 0.2) is 5.60 Å². The van der Waals surface area contributed by atoms with Crippen molar-refractivity contribution < 1.29 is 24.0 Å². The van der Waals surface area contributed by atoms with Crippen LogP contribution in [-0.2, 0) is 24.0 Å². The lowest BCUT2D eigenvalue weighted by Gasteiger charge is -2.57. The molecule has 0 aromatic rings. The molecule has 7 atom stereocenters. The van der Waals surface area contributed by atoms with Crippen molar-refractivity contribution in [2.45, 2.75) is 64.1 Å². The molecule has 0 radical (unpaired) electrons. The highest BCUT2D eigenvalue weighted by atomic mass is 17.3. The molecule has 4 saturated heterocycles. The second kappa shape index (κ2) is 3.96. The molecule has 0 amide bonds. The predicted molar refractivity (Wildman–Crippen MR) is 68.0 cm³/mol. The zero-order chi connectivity index (χ0) is 14.1. The standard InChI is InChI=1S/C15H22O5/c1-8-4-5-11-9(2)12(16)17-13-15(11)10(8)6-7-14(3,18-13)19-20-15/h8-11,13H,4-7H2,1-3H3/t8-,9-,10?,11?,13-,14+,15?/m1/s1. The lowest BCUT2D eigenvalue weighted by atomic mass is 9.58. The Hall–Kier alpha value is -0.650. The van der Waals surface area contributed by atoms with Crippen molar-refractivity contribution >= 4 is 5.97 Å². The zero-order valence-electron chi connectivity index (χ0n) is 12.3. The van der Waals surface area contributed by atoms with Crippen LogP contribution in [0.25, 0.3) is 0 Å². The zero-order valence-corrected chi connectivity index (χ0v) is 12.3. The molecule has 0 aromatic carbocycles. The van der Waals surface area contributed by atoms with Crippen molar-refractivity contribution in [1.29, 1.82) is 0 Å². The van der Waals surface area contributed by atoms with E-state index in [4.69, 9.17) is 19.2 Å². The number of ether oxygens (including phenoxy) is 2. The molecule has 5 nitrogen and oxygen atoms in total. The van der Waals surface area contributed by atoms with Gasteiger partial charge in [0.05, 0.1) is 5.92 Å². The number of carbonyl (C=O) groups excluding carboxylic acids is 1. The monoisotopic (exact) mass is 282 g/mol. The summed E-state index contributed by atoms with van der Waals surface area (Å²) in [6, 6.07) is 0. The van der Waals surface area contributed by atoms with Gasteiger partial charge in [-0.1, -0.05) is 13.8 Å². The molecule has 0 N–H and O–H groups in total. The maximum atomic E-state index is 12.1. The maximum Gasteiger partial charge on any atom is 0.311 e. The van der Waals surface area contributed by atoms with Crippen molar-refractivity contribution in [3.8, 4) is 0 Å². The summed E-state index contributed by atoms with van der Waals surface area (Å²) >= 11 is 0. The summed E-state index contributed by atoms with van der Waals surface area (Å²) in [6.45, 7) is 6.06. The summed E-state index contributed by atoms with van der Waals surface area (Å²) in [7, 11) is 0. The first kappa shape index (κ1) is 13.0. The number of hydrogen-bond acceptors (Lipinski definition) is 5. The van der Waals surface area contributed by atoms with Crippen LogP contribution in [0.3, 0.4) is 0 Å². The van der Waals surface area contributed by atoms with Gasteiger partial charge in [0.1, 0.15) is 0 Å². The average Bonchev–Trinajstić information content (AvgIpc) is 2.63. The second-order valence-electron chi connectivity index (χ2n) is 7.14. The van der Waals surface area contributed by atoms with Gasteiger partial charge in [-0.15, -0.1) is 0 Å². The van der Waals surface area contributed by atoms with E-state index in [1.54, 1.807) is 0 Å². The number of hydrogen-bond donors (Lipinski definition) is 0. The number of rotatable bonds is 0. The lowest BCUT2D eigenvalue weighted by molar-refractivity contribution is -0.559. The van der Waals surface area contributed by atoms with E-state index in [9.17, 15) is 4.79 Å². The maximum absolute atomic E-state index is 12.1. The summed E-state index contributed by atoms with van der Waals surface area (Å²) in [6.07, 6.45) is 3.24. The topological polar surface area (TPSA) is 54.0 Å². The molecule has 3 unspecified atom stereocenters. The molecule has 2 bridgehead atoms. The minimum absolute atomic E-state index is 0.123. The molecule has 0 aromatic heterocycles. The summed E-state index contributed by atoms with van der Waals surface area (Å²) in [4.78, 5) is 23.7. The highest BCUT2D eigenvalue weighted by Crippen LogP contribution is 2.59. The highest BCUT2D eigenvalue weighted by Gasteiger charge is 2.69. The molecule has 5 rings (SSSR count). The van der Waals surface area contributed by atoms with Gasteiger partial charge >= 0.3 is 5.97 Å². The molecule has 20 heavy (non-hydrogen) atoms. The summed E-state index contributed by atoms with van der Waals surface area (Å²) in [5, 5.41) is 0. The predicted octanol–water partition coefficient (Wildman–Crippen LogP) is 2.39. The van der Waals surface area contributed by atoms with Gasteiger partial charge in [-0.3, -0.25) is 4.79 Å². The molecule has 112 valence electrons. The number of esters is 1.